The first kappa shape index (κ1) is 14.6. The number of aryl methyl sites for hydroxylation is 2. The molecule has 108 valence electrons. The van der Waals surface area contributed by atoms with E-state index in [9.17, 15) is 0 Å². The highest BCUT2D eigenvalue weighted by molar-refractivity contribution is 5.39. The van der Waals surface area contributed by atoms with Crippen LogP contribution in [0.15, 0.2) is 30.6 Å². The van der Waals surface area contributed by atoms with Gasteiger partial charge in [0.2, 0.25) is 0 Å². The number of rotatable bonds is 7. The Kier molecular flexibility index (Phi) is 5.18. The Bertz CT molecular complexity index is 548. The van der Waals surface area contributed by atoms with E-state index in [0.29, 0.717) is 0 Å². The van der Waals surface area contributed by atoms with E-state index in [-0.39, 0.29) is 0 Å². The second-order valence-corrected chi connectivity index (χ2v) is 4.92. The summed E-state index contributed by atoms with van der Waals surface area (Å²) in [4.78, 5) is 0. The van der Waals surface area contributed by atoms with Crippen LogP contribution in [0.3, 0.4) is 0 Å². The minimum atomic E-state index is 0.794. The third-order valence-corrected chi connectivity index (χ3v) is 3.12. The van der Waals surface area contributed by atoms with Gasteiger partial charge in [0, 0.05) is 13.1 Å². The normalized spacial score (nSPS) is 10.8. The molecule has 4 nitrogen and oxygen atoms in total. The molecule has 0 saturated carbocycles. The number of aromatic nitrogens is 2. The van der Waals surface area contributed by atoms with Crippen LogP contribution < -0.4 is 10.1 Å². The van der Waals surface area contributed by atoms with Crippen LogP contribution >= 0.6 is 0 Å². The third kappa shape index (κ3) is 3.84. The Morgan fingerprint density at radius 2 is 2.15 bits per heavy atom. The molecule has 0 unspecified atom stereocenters. The molecule has 1 aromatic carbocycles. The molecule has 1 heterocycles. The number of hydrogen-bond donors (Lipinski definition) is 1. The van der Waals surface area contributed by atoms with Crippen molar-refractivity contribution >= 4 is 0 Å². The van der Waals surface area contributed by atoms with Crippen molar-refractivity contribution in [3.05, 3.63) is 41.7 Å². The van der Waals surface area contributed by atoms with Gasteiger partial charge >= 0.3 is 0 Å². The first-order valence-corrected chi connectivity index (χ1v) is 7.23. The molecule has 1 aromatic heterocycles. The second-order valence-electron chi connectivity index (χ2n) is 4.92. The van der Waals surface area contributed by atoms with Crippen molar-refractivity contribution < 1.29 is 4.74 Å². The minimum Gasteiger partial charge on any atom is -0.454 e. The number of hydrogen-bond acceptors (Lipinski definition) is 3. The van der Waals surface area contributed by atoms with Crippen molar-refractivity contribution in [2.24, 2.45) is 0 Å². The van der Waals surface area contributed by atoms with Crippen LogP contribution in [0.25, 0.3) is 0 Å². The van der Waals surface area contributed by atoms with E-state index in [2.05, 4.69) is 49.4 Å². The lowest BCUT2D eigenvalue weighted by atomic mass is 10.1. The highest BCUT2D eigenvalue weighted by Crippen LogP contribution is 2.25. The molecule has 0 aliphatic heterocycles. The first-order chi connectivity index (χ1) is 9.72. The van der Waals surface area contributed by atoms with Crippen molar-refractivity contribution in [3.63, 3.8) is 0 Å². The fraction of sp³-hybridized carbons (Fsp3) is 0.438. The molecule has 0 saturated heterocycles. The molecule has 0 bridgehead atoms. The molecule has 2 rings (SSSR count). The molecule has 20 heavy (non-hydrogen) atoms. The van der Waals surface area contributed by atoms with E-state index in [0.717, 1.165) is 43.1 Å². The van der Waals surface area contributed by atoms with Crippen molar-refractivity contribution in [1.82, 2.24) is 15.1 Å². The molecule has 0 radical (unpaired) electrons. The zero-order chi connectivity index (χ0) is 14.4. The van der Waals surface area contributed by atoms with Gasteiger partial charge in [0.1, 0.15) is 5.75 Å². The van der Waals surface area contributed by atoms with Crippen LogP contribution in [0.4, 0.5) is 0 Å². The molecule has 4 heteroatoms. The fourth-order valence-electron chi connectivity index (χ4n) is 2.01. The Morgan fingerprint density at radius 3 is 2.90 bits per heavy atom. The summed E-state index contributed by atoms with van der Waals surface area (Å²) in [6, 6.07) is 6.32. The maximum absolute atomic E-state index is 5.95. The minimum absolute atomic E-state index is 0.794. The average molecular weight is 273 g/mol. The maximum Gasteiger partial charge on any atom is 0.165 e. The molecule has 2 aromatic rings. The number of benzene rings is 1. The molecule has 0 spiro atoms. The average Bonchev–Trinajstić information content (AvgIpc) is 2.87. The fourth-order valence-corrected chi connectivity index (χ4v) is 2.01. The lowest BCUT2D eigenvalue weighted by Crippen LogP contribution is -2.11. The predicted molar refractivity (Wildman–Crippen MR) is 81.2 cm³/mol. The van der Waals surface area contributed by atoms with Gasteiger partial charge in [0.15, 0.2) is 5.75 Å². The van der Waals surface area contributed by atoms with E-state index in [1.54, 1.807) is 6.20 Å². The second kappa shape index (κ2) is 7.10. The quantitative estimate of drug-likeness (QED) is 0.839. The van der Waals surface area contributed by atoms with Gasteiger partial charge in [-0.2, -0.15) is 5.10 Å². The van der Waals surface area contributed by atoms with Crippen LogP contribution in [0.2, 0.25) is 0 Å². The monoisotopic (exact) mass is 273 g/mol. The van der Waals surface area contributed by atoms with Crippen LogP contribution in [0, 0.1) is 6.92 Å². The topological polar surface area (TPSA) is 39.1 Å². The van der Waals surface area contributed by atoms with Gasteiger partial charge in [-0.3, -0.25) is 4.68 Å². The number of nitrogens with zero attached hydrogens (tertiary/aromatic N) is 2. The van der Waals surface area contributed by atoms with E-state index >= 15 is 0 Å². The van der Waals surface area contributed by atoms with E-state index in [1.807, 2.05) is 10.9 Å². The van der Waals surface area contributed by atoms with Crippen molar-refractivity contribution in [3.8, 4) is 11.5 Å². The summed E-state index contributed by atoms with van der Waals surface area (Å²) in [5.41, 5.74) is 2.36. The molecule has 0 amide bonds. The highest BCUT2D eigenvalue weighted by atomic mass is 16.5. The molecule has 0 atom stereocenters. The van der Waals surface area contributed by atoms with Gasteiger partial charge in [-0.05, 0) is 37.1 Å². The van der Waals surface area contributed by atoms with Gasteiger partial charge in [-0.25, -0.2) is 0 Å². The summed E-state index contributed by atoms with van der Waals surface area (Å²) in [6.07, 6.45) is 4.78. The van der Waals surface area contributed by atoms with Crippen molar-refractivity contribution in [2.75, 3.05) is 6.54 Å². The number of nitrogens with one attached hydrogen (secondary N) is 1. The first-order valence-electron chi connectivity index (χ1n) is 7.23. The smallest absolute Gasteiger partial charge is 0.165 e. The van der Waals surface area contributed by atoms with E-state index in [1.165, 1.54) is 5.56 Å². The van der Waals surface area contributed by atoms with E-state index < -0.39 is 0 Å². The summed E-state index contributed by atoms with van der Waals surface area (Å²) in [7, 11) is 0. The van der Waals surface area contributed by atoms with Gasteiger partial charge in [-0.15, -0.1) is 0 Å². The van der Waals surface area contributed by atoms with Crippen LogP contribution in [-0.2, 0) is 13.1 Å². The highest BCUT2D eigenvalue weighted by Gasteiger charge is 2.05. The lowest BCUT2D eigenvalue weighted by molar-refractivity contribution is 0.476. The summed E-state index contributed by atoms with van der Waals surface area (Å²) in [6.45, 7) is 9.05. The number of ether oxygens (including phenoxy) is 1. The molecule has 0 aliphatic rings. The van der Waals surface area contributed by atoms with Gasteiger partial charge in [-0.1, -0.05) is 26.0 Å². The van der Waals surface area contributed by atoms with Crippen LogP contribution in [-0.4, -0.2) is 16.3 Å². The molecule has 0 aliphatic carbocycles. The Morgan fingerprint density at radius 1 is 1.30 bits per heavy atom. The predicted octanol–water partition coefficient (Wildman–Crippen LogP) is 3.50. The standard InChI is InChI=1S/C16H23N3O/c1-4-8-19-12-15(11-18-19)20-16-9-14(10-17-5-2)7-6-13(16)3/h6-7,9,11-12,17H,4-5,8,10H2,1-3H3. The largest absolute Gasteiger partial charge is 0.454 e. The summed E-state index contributed by atoms with van der Waals surface area (Å²) in [5, 5.41) is 7.61. The Hall–Kier alpha value is -1.81. The molecular formula is C16H23N3O. The molecule has 0 fully saturated rings. The zero-order valence-corrected chi connectivity index (χ0v) is 12.5. The van der Waals surface area contributed by atoms with Gasteiger partial charge in [0.05, 0.1) is 12.4 Å². The SMILES string of the molecule is CCCn1cc(Oc2cc(CNCC)ccc2C)cn1. The van der Waals surface area contributed by atoms with Crippen molar-refractivity contribution in [1.29, 1.82) is 0 Å². The summed E-state index contributed by atoms with van der Waals surface area (Å²) in [5.74, 6) is 1.69. The summed E-state index contributed by atoms with van der Waals surface area (Å²) >= 11 is 0. The van der Waals surface area contributed by atoms with Gasteiger partial charge < -0.3 is 10.1 Å². The van der Waals surface area contributed by atoms with Crippen LogP contribution in [0.5, 0.6) is 11.5 Å². The third-order valence-electron chi connectivity index (χ3n) is 3.12. The molecular weight excluding hydrogens is 250 g/mol. The zero-order valence-electron chi connectivity index (χ0n) is 12.5. The molecule has 1 N–H and O–H groups in total. The van der Waals surface area contributed by atoms with Crippen LogP contribution in [0.1, 0.15) is 31.4 Å². The Labute approximate surface area is 120 Å². The maximum atomic E-state index is 5.95. The van der Waals surface area contributed by atoms with E-state index in [4.69, 9.17) is 4.74 Å². The lowest BCUT2D eigenvalue weighted by Gasteiger charge is -2.09. The Balaban J connectivity index is 2.10. The summed E-state index contributed by atoms with van der Waals surface area (Å²) < 4.78 is 7.86. The van der Waals surface area contributed by atoms with Gasteiger partial charge in [0.25, 0.3) is 0 Å². The van der Waals surface area contributed by atoms with Crippen molar-refractivity contribution in [2.45, 2.75) is 40.3 Å².